The Bertz CT molecular complexity index is 1270. The molecule has 34 heavy (non-hydrogen) atoms. The molecular weight excluding hydrogens is 448 g/mol. The van der Waals surface area contributed by atoms with Crippen LogP contribution in [0.1, 0.15) is 38.2 Å². The van der Waals surface area contributed by atoms with Crippen molar-refractivity contribution < 1.29 is 17.9 Å². The zero-order valence-corrected chi connectivity index (χ0v) is 21.2. The smallest absolute Gasteiger partial charge is 0.251 e. The van der Waals surface area contributed by atoms with Gasteiger partial charge in [-0.05, 0) is 79.8 Å². The van der Waals surface area contributed by atoms with Gasteiger partial charge in [-0.3, -0.25) is 9.10 Å². The predicted octanol–water partition coefficient (Wildman–Crippen LogP) is 4.70. The van der Waals surface area contributed by atoms with E-state index < -0.39 is 10.0 Å². The zero-order valence-electron chi connectivity index (χ0n) is 20.4. The van der Waals surface area contributed by atoms with Gasteiger partial charge in [0.1, 0.15) is 12.4 Å². The van der Waals surface area contributed by atoms with E-state index in [4.69, 9.17) is 4.74 Å². The van der Waals surface area contributed by atoms with Gasteiger partial charge in [0.25, 0.3) is 5.91 Å². The summed E-state index contributed by atoms with van der Waals surface area (Å²) in [5, 5.41) is 2.86. The van der Waals surface area contributed by atoms with Gasteiger partial charge in [-0.15, -0.1) is 0 Å². The van der Waals surface area contributed by atoms with Gasteiger partial charge < -0.3 is 10.1 Å². The lowest BCUT2D eigenvalue weighted by Crippen LogP contribution is -2.30. The first-order chi connectivity index (χ1) is 16.1. The second-order valence-corrected chi connectivity index (χ2v) is 10.5. The number of carbonyl (C=O) groups excluding carboxylic acids is 1. The fourth-order valence-corrected chi connectivity index (χ4v) is 4.54. The van der Waals surface area contributed by atoms with Crippen LogP contribution >= 0.6 is 0 Å². The molecule has 0 atom stereocenters. The highest BCUT2D eigenvalue weighted by Crippen LogP contribution is 2.26. The number of hydrogen-bond donors (Lipinski definition) is 1. The number of benzene rings is 3. The monoisotopic (exact) mass is 480 g/mol. The van der Waals surface area contributed by atoms with E-state index in [0.29, 0.717) is 24.4 Å². The highest BCUT2D eigenvalue weighted by molar-refractivity contribution is 7.92. The number of hydrogen-bond acceptors (Lipinski definition) is 4. The van der Waals surface area contributed by atoms with Crippen LogP contribution in [-0.4, -0.2) is 33.7 Å². The van der Waals surface area contributed by atoms with Crippen LogP contribution in [0.3, 0.4) is 0 Å². The van der Waals surface area contributed by atoms with E-state index in [2.05, 4.69) is 5.32 Å². The van der Waals surface area contributed by atoms with E-state index in [-0.39, 0.29) is 12.5 Å². The molecular formula is C27H32N2O4S. The molecule has 0 saturated carbocycles. The normalized spacial score (nSPS) is 11.2. The molecule has 1 N–H and O–H groups in total. The molecule has 7 heteroatoms. The largest absolute Gasteiger partial charge is 0.491 e. The quantitative estimate of drug-likeness (QED) is 0.451. The fraction of sp³-hybridized carbons (Fsp3) is 0.296. The van der Waals surface area contributed by atoms with Gasteiger partial charge in [0.15, 0.2) is 0 Å². The summed E-state index contributed by atoms with van der Waals surface area (Å²) in [7, 11) is -3.49. The van der Waals surface area contributed by atoms with Crippen LogP contribution in [0.5, 0.6) is 5.75 Å². The zero-order chi connectivity index (χ0) is 24.9. The van der Waals surface area contributed by atoms with E-state index in [1.165, 1.54) is 10.6 Å². The number of nitrogens with zero attached hydrogens (tertiary/aromatic N) is 1. The summed E-state index contributed by atoms with van der Waals surface area (Å²) < 4.78 is 32.2. The first-order valence-electron chi connectivity index (χ1n) is 11.2. The Morgan fingerprint density at radius 1 is 0.941 bits per heavy atom. The molecule has 0 spiro atoms. The molecule has 0 aliphatic carbocycles. The van der Waals surface area contributed by atoms with Crippen LogP contribution in [0.15, 0.2) is 60.7 Å². The Morgan fingerprint density at radius 3 is 2.32 bits per heavy atom. The summed E-state index contributed by atoms with van der Waals surface area (Å²) in [5.41, 5.74) is 6.09. The standard InChI is InChI=1S/C27H32N2O4S/c1-19-9-10-21(3)25(17-19)29(34(5,31)32)18-23-11-13-24(14-12-23)27(30)28-15-16-33-26-8-6-7-20(2)22(26)4/h6-14,17H,15-16,18H2,1-5H3,(H,28,30). The van der Waals surface area contributed by atoms with Crippen molar-refractivity contribution in [3.63, 3.8) is 0 Å². The van der Waals surface area contributed by atoms with Crippen molar-refractivity contribution >= 4 is 21.6 Å². The SMILES string of the molecule is Cc1ccc(C)c(N(Cc2ccc(C(=O)NCCOc3cccc(C)c3C)cc2)S(C)(=O)=O)c1. The molecule has 0 bridgehead atoms. The average molecular weight is 481 g/mol. The lowest BCUT2D eigenvalue weighted by Gasteiger charge is -2.25. The number of amides is 1. The number of aryl methyl sites for hydroxylation is 3. The number of nitrogens with one attached hydrogen (secondary N) is 1. The van der Waals surface area contributed by atoms with Crippen molar-refractivity contribution in [3.8, 4) is 5.75 Å². The van der Waals surface area contributed by atoms with Crippen LogP contribution in [0.2, 0.25) is 0 Å². The van der Waals surface area contributed by atoms with Crippen molar-refractivity contribution in [1.29, 1.82) is 0 Å². The summed E-state index contributed by atoms with van der Waals surface area (Å²) in [6.45, 7) is 8.81. The summed E-state index contributed by atoms with van der Waals surface area (Å²) in [4.78, 5) is 12.5. The van der Waals surface area contributed by atoms with E-state index in [1.807, 2.05) is 64.1 Å². The first-order valence-corrected chi connectivity index (χ1v) is 13.0. The molecule has 6 nitrogen and oxygen atoms in total. The lowest BCUT2D eigenvalue weighted by atomic mass is 10.1. The maximum absolute atomic E-state index is 12.5. The van der Waals surface area contributed by atoms with E-state index in [0.717, 1.165) is 33.6 Å². The predicted molar refractivity (Wildman–Crippen MR) is 137 cm³/mol. The van der Waals surface area contributed by atoms with Crippen LogP contribution in [0.25, 0.3) is 0 Å². The lowest BCUT2D eigenvalue weighted by molar-refractivity contribution is 0.0947. The third-order valence-electron chi connectivity index (χ3n) is 5.78. The summed E-state index contributed by atoms with van der Waals surface area (Å²) in [6.07, 6.45) is 1.21. The number of sulfonamides is 1. The third kappa shape index (κ3) is 6.38. The van der Waals surface area contributed by atoms with E-state index in [1.54, 1.807) is 24.3 Å². The molecule has 3 aromatic carbocycles. The van der Waals surface area contributed by atoms with Gasteiger partial charge in [0.05, 0.1) is 25.0 Å². The van der Waals surface area contributed by atoms with Crippen molar-refractivity contribution in [1.82, 2.24) is 5.32 Å². The second-order valence-electron chi connectivity index (χ2n) is 8.56. The molecule has 0 heterocycles. The Kier molecular flexibility index (Phi) is 7.99. The van der Waals surface area contributed by atoms with Gasteiger partial charge in [-0.1, -0.05) is 36.4 Å². The summed E-state index contributed by atoms with van der Waals surface area (Å²) in [5.74, 6) is 0.614. The number of carbonyl (C=O) groups is 1. The molecule has 0 saturated heterocycles. The molecule has 0 unspecified atom stereocenters. The Morgan fingerprint density at radius 2 is 1.65 bits per heavy atom. The molecule has 0 radical (unpaired) electrons. The van der Waals surface area contributed by atoms with Crippen molar-refractivity contribution in [2.75, 3.05) is 23.7 Å². The van der Waals surface area contributed by atoms with Gasteiger partial charge in [0, 0.05) is 5.56 Å². The number of ether oxygens (including phenoxy) is 1. The summed E-state index contributed by atoms with van der Waals surface area (Å²) >= 11 is 0. The van der Waals surface area contributed by atoms with Gasteiger partial charge in [-0.2, -0.15) is 0 Å². The summed E-state index contributed by atoms with van der Waals surface area (Å²) in [6, 6.07) is 18.6. The Hall–Kier alpha value is -3.32. The van der Waals surface area contributed by atoms with E-state index in [9.17, 15) is 13.2 Å². The fourth-order valence-electron chi connectivity index (χ4n) is 3.60. The third-order valence-corrected chi connectivity index (χ3v) is 6.90. The molecule has 3 rings (SSSR count). The maximum Gasteiger partial charge on any atom is 0.251 e. The van der Waals surface area contributed by atoms with Crippen LogP contribution in [0.4, 0.5) is 5.69 Å². The van der Waals surface area contributed by atoms with Crippen molar-refractivity contribution in [2.24, 2.45) is 0 Å². The maximum atomic E-state index is 12.5. The highest BCUT2D eigenvalue weighted by atomic mass is 32.2. The van der Waals surface area contributed by atoms with Gasteiger partial charge in [0.2, 0.25) is 10.0 Å². The minimum Gasteiger partial charge on any atom is -0.491 e. The molecule has 1 amide bonds. The van der Waals surface area contributed by atoms with Crippen molar-refractivity contribution in [3.05, 3.63) is 94.0 Å². The minimum atomic E-state index is -3.49. The number of rotatable bonds is 9. The Balaban J connectivity index is 1.61. The first kappa shape index (κ1) is 25.3. The van der Waals surface area contributed by atoms with Crippen LogP contribution < -0.4 is 14.4 Å². The number of anilines is 1. The molecule has 0 aliphatic rings. The minimum absolute atomic E-state index is 0.189. The van der Waals surface area contributed by atoms with Crippen molar-refractivity contribution in [2.45, 2.75) is 34.2 Å². The Labute approximate surface area is 202 Å². The van der Waals surface area contributed by atoms with Crippen LogP contribution in [-0.2, 0) is 16.6 Å². The molecule has 180 valence electrons. The molecule has 0 aromatic heterocycles. The van der Waals surface area contributed by atoms with Gasteiger partial charge in [-0.25, -0.2) is 8.42 Å². The van der Waals surface area contributed by atoms with Crippen LogP contribution in [0, 0.1) is 27.7 Å². The molecule has 0 aliphatic heterocycles. The topological polar surface area (TPSA) is 75.7 Å². The molecule has 0 fully saturated rings. The average Bonchev–Trinajstić information content (AvgIpc) is 2.79. The van der Waals surface area contributed by atoms with Gasteiger partial charge >= 0.3 is 0 Å². The second kappa shape index (κ2) is 10.7. The molecule has 3 aromatic rings. The highest BCUT2D eigenvalue weighted by Gasteiger charge is 2.20. The van der Waals surface area contributed by atoms with E-state index >= 15 is 0 Å².